The molecule has 134 valence electrons. The molecule has 0 aliphatic heterocycles. The van der Waals surface area contributed by atoms with Crippen molar-refractivity contribution in [3.8, 4) is 0 Å². The number of carbonyl (C=O) groups excluding carboxylic acids is 1. The van der Waals surface area contributed by atoms with Gasteiger partial charge in [-0.3, -0.25) is 9.69 Å². The molecule has 0 N–H and O–H groups in total. The monoisotopic (exact) mass is 387 g/mol. The Labute approximate surface area is 163 Å². The predicted molar refractivity (Wildman–Crippen MR) is 106 cm³/mol. The molecule has 0 saturated carbocycles. The van der Waals surface area contributed by atoms with Crippen LogP contribution in [0.4, 0.5) is 5.69 Å². The first-order valence-electron chi connectivity index (χ1n) is 8.26. The van der Waals surface area contributed by atoms with Crippen LogP contribution in [0.15, 0.2) is 67.0 Å². The summed E-state index contributed by atoms with van der Waals surface area (Å²) in [5, 5.41) is 4.36. The Morgan fingerprint density at radius 3 is 2.46 bits per heavy atom. The number of hydrogen-bond donors (Lipinski definition) is 0. The lowest BCUT2D eigenvalue weighted by molar-refractivity contribution is -0.118. The molecule has 0 saturated heterocycles. The quantitative estimate of drug-likeness (QED) is 0.574. The Hall–Kier alpha value is -2.30. The molecule has 4 nitrogen and oxygen atoms in total. The fourth-order valence-electron chi connectivity index (χ4n) is 2.92. The molecule has 2 unspecified atom stereocenters. The van der Waals surface area contributed by atoms with Crippen molar-refractivity contribution in [3.05, 3.63) is 83.1 Å². The van der Waals surface area contributed by atoms with Crippen LogP contribution in [0.2, 0.25) is 5.02 Å². The van der Waals surface area contributed by atoms with Gasteiger partial charge < -0.3 is 0 Å². The minimum Gasteiger partial charge on any atom is -0.284 e. The maximum atomic E-state index is 13.1. The Balaban J connectivity index is 2.21. The number of aromatic nitrogens is 2. The van der Waals surface area contributed by atoms with Gasteiger partial charge in [0.2, 0.25) is 5.91 Å². The molecule has 1 amide bonds. The average molecular weight is 388 g/mol. The van der Waals surface area contributed by atoms with Gasteiger partial charge in [-0.05, 0) is 55.3 Å². The van der Waals surface area contributed by atoms with Gasteiger partial charge in [-0.1, -0.05) is 35.9 Å². The van der Waals surface area contributed by atoms with Crippen molar-refractivity contribution in [2.45, 2.75) is 25.4 Å². The number of alkyl halides is 1. The zero-order chi connectivity index (χ0) is 18.7. The number of hydrogen-bond acceptors (Lipinski definition) is 2. The highest BCUT2D eigenvalue weighted by Gasteiger charge is 2.31. The summed E-state index contributed by atoms with van der Waals surface area (Å²) in [7, 11) is 0. The van der Waals surface area contributed by atoms with E-state index in [1.807, 2.05) is 67.7 Å². The van der Waals surface area contributed by atoms with Crippen molar-refractivity contribution < 1.29 is 4.79 Å². The van der Waals surface area contributed by atoms with Crippen molar-refractivity contribution in [1.82, 2.24) is 9.78 Å². The number of nitrogens with zero attached hydrogens (tertiary/aromatic N) is 3. The number of rotatable bonds is 5. The highest BCUT2D eigenvalue weighted by Crippen LogP contribution is 2.32. The summed E-state index contributed by atoms with van der Waals surface area (Å²) in [6, 6.07) is 16.9. The van der Waals surface area contributed by atoms with Crippen LogP contribution < -0.4 is 4.90 Å². The molecule has 0 aliphatic carbocycles. The van der Waals surface area contributed by atoms with Gasteiger partial charge in [0.15, 0.2) is 6.17 Å². The molecule has 6 heteroatoms. The molecule has 3 aromatic rings. The molecule has 2 atom stereocenters. The highest BCUT2D eigenvalue weighted by atomic mass is 35.5. The Kier molecular flexibility index (Phi) is 5.64. The van der Waals surface area contributed by atoms with Crippen LogP contribution in [0, 0.1) is 6.92 Å². The molecule has 0 fully saturated rings. The summed E-state index contributed by atoms with van der Waals surface area (Å²) >= 11 is 12.3. The number of benzene rings is 2. The molecule has 2 aromatic carbocycles. The van der Waals surface area contributed by atoms with E-state index in [9.17, 15) is 4.79 Å². The highest BCUT2D eigenvalue weighted by molar-refractivity contribution is 6.32. The van der Waals surface area contributed by atoms with E-state index in [0.29, 0.717) is 5.02 Å². The van der Waals surface area contributed by atoms with Crippen molar-refractivity contribution in [2.75, 3.05) is 4.90 Å². The van der Waals surface area contributed by atoms with Gasteiger partial charge >= 0.3 is 0 Å². The van der Waals surface area contributed by atoms with Crippen molar-refractivity contribution in [1.29, 1.82) is 0 Å². The fraction of sp³-hybridized carbons (Fsp3) is 0.200. The second kappa shape index (κ2) is 7.94. The van der Waals surface area contributed by atoms with E-state index in [4.69, 9.17) is 23.2 Å². The smallest absolute Gasteiger partial charge is 0.246 e. The van der Waals surface area contributed by atoms with Gasteiger partial charge in [0.05, 0.1) is 0 Å². The Bertz CT molecular complexity index is 879. The normalized spacial score (nSPS) is 13.2. The maximum Gasteiger partial charge on any atom is 0.246 e. The standard InChI is InChI=1S/C20H19Cl2N3O/c1-14-13-16(22)9-10-18(14)19(24-12-6-11-23-24)25(20(26)15(2)21)17-7-4-3-5-8-17/h3-13,15,19H,1-2H3. The van der Waals surface area contributed by atoms with Crippen LogP contribution in [-0.2, 0) is 4.79 Å². The summed E-state index contributed by atoms with van der Waals surface area (Å²) in [6.07, 6.45) is 3.05. The number of carbonyl (C=O) groups is 1. The first-order valence-corrected chi connectivity index (χ1v) is 9.08. The van der Waals surface area contributed by atoms with Crippen LogP contribution in [0.1, 0.15) is 24.2 Å². The topological polar surface area (TPSA) is 38.1 Å². The largest absolute Gasteiger partial charge is 0.284 e. The Morgan fingerprint density at radius 2 is 1.88 bits per heavy atom. The third-order valence-corrected chi connectivity index (χ3v) is 4.56. The molecule has 0 bridgehead atoms. The molecule has 3 rings (SSSR count). The minimum absolute atomic E-state index is 0.201. The second-order valence-corrected chi connectivity index (χ2v) is 7.11. The molecule has 1 aromatic heterocycles. The molecular weight excluding hydrogens is 369 g/mol. The lowest BCUT2D eigenvalue weighted by Gasteiger charge is -2.34. The van der Waals surface area contributed by atoms with E-state index in [-0.39, 0.29) is 5.91 Å². The first-order chi connectivity index (χ1) is 12.5. The minimum atomic E-state index is -0.680. The van der Waals surface area contributed by atoms with E-state index in [0.717, 1.165) is 16.8 Å². The summed E-state index contributed by atoms with van der Waals surface area (Å²) < 4.78 is 1.75. The van der Waals surface area contributed by atoms with Crippen LogP contribution >= 0.6 is 23.2 Å². The first kappa shape index (κ1) is 18.5. The molecule has 0 spiro atoms. The van der Waals surface area contributed by atoms with Gasteiger partial charge in [0.25, 0.3) is 0 Å². The average Bonchev–Trinajstić information content (AvgIpc) is 3.15. The number of anilines is 1. The summed E-state index contributed by atoms with van der Waals surface area (Å²) in [5.41, 5.74) is 2.64. The van der Waals surface area contributed by atoms with Gasteiger partial charge in [-0.25, -0.2) is 4.68 Å². The van der Waals surface area contributed by atoms with Gasteiger partial charge in [-0.15, -0.1) is 11.6 Å². The second-order valence-electron chi connectivity index (χ2n) is 6.02. The molecule has 1 heterocycles. The zero-order valence-corrected chi connectivity index (χ0v) is 16.0. The third-order valence-electron chi connectivity index (χ3n) is 4.14. The molecular formula is C20H19Cl2N3O. The fourth-order valence-corrected chi connectivity index (χ4v) is 3.26. The summed E-state index contributed by atoms with van der Waals surface area (Å²) in [6.45, 7) is 3.64. The SMILES string of the molecule is Cc1cc(Cl)ccc1C(N(C(=O)C(C)Cl)c1ccccc1)n1cccn1. The molecule has 26 heavy (non-hydrogen) atoms. The van der Waals surface area contributed by atoms with Crippen molar-refractivity contribution >= 4 is 34.8 Å². The van der Waals surface area contributed by atoms with E-state index >= 15 is 0 Å². The zero-order valence-electron chi connectivity index (χ0n) is 14.5. The third kappa shape index (κ3) is 3.76. The van der Waals surface area contributed by atoms with Gasteiger partial charge in [-0.2, -0.15) is 5.10 Å². The van der Waals surface area contributed by atoms with E-state index in [2.05, 4.69) is 5.10 Å². The van der Waals surface area contributed by atoms with Crippen molar-refractivity contribution in [3.63, 3.8) is 0 Å². The van der Waals surface area contributed by atoms with Gasteiger partial charge in [0, 0.05) is 23.1 Å². The predicted octanol–water partition coefficient (Wildman–Crippen LogP) is 5.05. The number of amides is 1. The maximum absolute atomic E-state index is 13.1. The molecule has 0 aliphatic rings. The summed E-state index contributed by atoms with van der Waals surface area (Å²) in [4.78, 5) is 14.7. The van der Waals surface area contributed by atoms with E-state index in [1.54, 1.807) is 22.7 Å². The lowest BCUT2D eigenvalue weighted by atomic mass is 10.0. The van der Waals surface area contributed by atoms with Crippen LogP contribution in [0.25, 0.3) is 0 Å². The van der Waals surface area contributed by atoms with Gasteiger partial charge in [0.1, 0.15) is 5.38 Å². The van der Waals surface area contributed by atoms with Crippen LogP contribution in [-0.4, -0.2) is 21.1 Å². The summed E-state index contributed by atoms with van der Waals surface area (Å²) in [5.74, 6) is -0.201. The lowest BCUT2D eigenvalue weighted by Crippen LogP contribution is -2.42. The van der Waals surface area contributed by atoms with E-state index in [1.165, 1.54) is 0 Å². The van der Waals surface area contributed by atoms with Crippen LogP contribution in [0.5, 0.6) is 0 Å². The van der Waals surface area contributed by atoms with Crippen molar-refractivity contribution in [2.24, 2.45) is 0 Å². The molecule has 0 radical (unpaired) electrons. The number of aryl methyl sites for hydroxylation is 1. The Morgan fingerprint density at radius 1 is 1.15 bits per heavy atom. The van der Waals surface area contributed by atoms with E-state index < -0.39 is 11.5 Å². The van der Waals surface area contributed by atoms with Crippen LogP contribution in [0.3, 0.4) is 0 Å². The number of para-hydroxylation sites is 1. The number of halogens is 2.